The van der Waals surface area contributed by atoms with E-state index in [9.17, 15) is 0 Å². The van der Waals surface area contributed by atoms with Gasteiger partial charge in [-0.25, -0.2) is 4.57 Å². The first-order valence-electron chi connectivity index (χ1n) is 1.81. The molecule has 4 N–H and O–H groups in total. The molecule has 0 aromatic heterocycles. The molecule has 6 heteroatoms. The molecule has 0 aliphatic rings. The molecular formula is C2H9O5P. The minimum absolute atomic E-state index is 0.250. The number of hydrogen-bond donors (Lipinski definition) is 4. The number of aliphatic hydroxyl groups excluding tert-OH is 1. The van der Waals surface area contributed by atoms with Gasteiger partial charge in [-0.3, -0.25) is 0 Å². The van der Waals surface area contributed by atoms with E-state index >= 15 is 0 Å². The smallest absolute Gasteiger partial charge is 0.397 e. The third kappa shape index (κ3) is 31800. The Morgan fingerprint density at radius 2 is 1.38 bits per heavy atom. The Kier molecular flexibility index (Phi) is 7.13. The first-order valence-corrected chi connectivity index (χ1v) is 3.37. The maximum atomic E-state index is 8.88. The zero-order valence-corrected chi connectivity index (χ0v) is 5.25. The van der Waals surface area contributed by atoms with Crippen LogP contribution in [0.4, 0.5) is 0 Å². The summed E-state index contributed by atoms with van der Waals surface area (Å²) < 4.78 is 8.88. The van der Waals surface area contributed by atoms with Gasteiger partial charge in [0, 0.05) is 6.61 Å². The molecule has 0 atom stereocenters. The molecule has 0 fully saturated rings. The second-order valence-electron chi connectivity index (χ2n) is 0.830. The summed E-state index contributed by atoms with van der Waals surface area (Å²) in [5, 5.41) is 7.57. The lowest BCUT2D eigenvalue weighted by molar-refractivity contribution is 0.275. The second-order valence-corrected chi connectivity index (χ2v) is 1.86. The summed E-state index contributed by atoms with van der Waals surface area (Å²) in [5.74, 6) is 0. The van der Waals surface area contributed by atoms with Gasteiger partial charge in [-0.1, -0.05) is 0 Å². The average Bonchev–Trinajstić information content (AvgIpc) is 1.27. The molecule has 5 nitrogen and oxygen atoms in total. The van der Waals surface area contributed by atoms with Crippen molar-refractivity contribution in [3.05, 3.63) is 0 Å². The van der Waals surface area contributed by atoms with Crippen LogP contribution in [0.25, 0.3) is 0 Å². The van der Waals surface area contributed by atoms with Gasteiger partial charge in [0.05, 0.1) is 0 Å². The number of rotatable bonds is 0. The fourth-order valence-electron chi connectivity index (χ4n) is 0. The molecule has 0 rings (SSSR count). The zero-order valence-electron chi connectivity index (χ0n) is 4.35. The topological polar surface area (TPSA) is 98.0 Å². The Morgan fingerprint density at radius 1 is 1.38 bits per heavy atom. The predicted molar refractivity (Wildman–Crippen MR) is 27.0 cm³/mol. The van der Waals surface area contributed by atoms with Crippen molar-refractivity contribution in [3.8, 4) is 0 Å². The minimum atomic E-state index is -4.64. The highest BCUT2D eigenvalue weighted by atomic mass is 31.2. The van der Waals surface area contributed by atoms with Crippen LogP contribution in [-0.4, -0.2) is 26.4 Å². The van der Waals surface area contributed by atoms with Gasteiger partial charge < -0.3 is 19.8 Å². The van der Waals surface area contributed by atoms with Crippen LogP contribution in [0.3, 0.4) is 0 Å². The van der Waals surface area contributed by atoms with E-state index in [-0.39, 0.29) is 6.61 Å². The summed E-state index contributed by atoms with van der Waals surface area (Å²) in [6.45, 7) is 1.93. The van der Waals surface area contributed by atoms with Gasteiger partial charge in [0.15, 0.2) is 0 Å². The van der Waals surface area contributed by atoms with E-state index in [0.717, 1.165) is 0 Å². The lowest BCUT2D eigenvalue weighted by Crippen LogP contribution is -1.66. The highest BCUT2D eigenvalue weighted by Gasteiger charge is 2.00. The van der Waals surface area contributed by atoms with Crippen molar-refractivity contribution < 1.29 is 24.4 Å². The molecule has 0 spiro atoms. The molecule has 0 heterocycles. The first kappa shape index (κ1) is 10.9. The highest BCUT2D eigenvalue weighted by molar-refractivity contribution is 7.45. The van der Waals surface area contributed by atoms with E-state index in [1.54, 1.807) is 6.92 Å². The van der Waals surface area contributed by atoms with Crippen LogP contribution in [0.2, 0.25) is 0 Å². The highest BCUT2D eigenvalue weighted by Crippen LogP contribution is 2.25. The third-order valence-electron chi connectivity index (χ3n) is 0. The van der Waals surface area contributed by atoms with E-state index in [2.05, 4.69) is 0 Å². The standard InChI is InChI=1S/C2H6O.H3O4P/c1-2-3;1-5(2,3)4/h3H,2H2,1H3;(H3,1,2,3,4). The fraction of sp³-hybridized carbons (Fsp3) is 1.00. The quantitative estimate of drug-likeness (QED) is 0.329. The number of hydrogen-bond acceptors (Lipinski definition) is 2. The number of phosphoric acid groups is 1. The molecule has 52 valence electrons. The van der Waals surface area contributed by atoms with Gasteiger partial charge in [0.2, 0.25) is 0 Å². The second kappa shape index (κ2) is 5.21. The summed E-state index contributed by atoms with van der Waals surface area (Å²) in [6, 6.07) is 0. The van der Waals surface area contributed by atoms with Crippen LogP contribution < -0.4 is 0 Å². The summed E-state index contributed by atoms with van der Waals surface area (Å²) in [4.78, 5) is 21.6. The van der Waals surface area contributed by atoms with Crippen molar-refractivity contribution in [2.24, 2.45) is 0 Å². The molecule has 8 heavy (non-hydrogen) atoms. The van der Waals surface area contributed by atoms with Gasteiger partial charge in [-0.15, -0.1) is 0 Å². The Bertz CT molecular complexity index is 66.2. The van der Waals surface area contributed by atoms with Crippen molar-refractivity contribution in [3.63, 3.8) is 0 Å². The monoisotopic (exact) mass is 144 g/mol. The molecule has 0 radical (unpaired) electrons. The zero-order chi connectivity index (χ0) is 7.21. The normalized spacial score (nSPS) is 9.62. The molecule has 0 aromatic rings. The van der Waals surface area contributed by atoms with Gasteiger partial charge in [-0.2, -0.15) is 0 Å². The summed E-state index contributed by atoms with van der Waals surface area (Å²) in [7, 11) is -4.64. The van der Waals surface area contributed by atoms with Gasteiger partial charge in [0.1, 0.15) is 0 Å². The SMILES string of the molecule is CCO.O=P(O)(O)O. The summed E-state index contributed by atoms with van der Waals surface area (Å²) in [6.07, 6.45) is 0. The van der Waals surface area contributed by atoms with Crippen molar-refractivity contribution >= 4 is 7.82 Å². The molecule has 0 amide bonds. The van der Waals surface area contributed by atoms with Gasteiger partial charge in [-0.05, 0) is 6.92 Å². The fourth-order valence-corrected chi connectivity index (χ4v) is 0. The maximum Gasteiger partial charge on any atom is 0.466 e. The largest absolute Gasteiger partial charge is 0.466 e. The molecule has 0 aliphatic heterocycles. The minimum Gasteiger partial charge on any atom is -0.397 e. The van der Waals surface area contributed by atoms with E-state index in [0.29, 0.717) is 0 Å². The summed E-state index contributed by atoms with van der Waals surface area (Å²) in [5.41, 5.74) is 0. The van der Waals surface area contributed by atoms with Gasteiger partial charge in [0.25, 0.3) is 0 Å². The molecule has 0 aliphatic carbocycles. The first-order chi connectivity index (χ1) is 3.41. The van der Waals surface area contributed by atoms with Crippen molar-refractivity contribution in [1.82, 2.24) is 0 Å². The Balaban J connectivity index is 0. The molecular weight excluding hydrogens is 135 g/mol. The molecule has 0 aromatic carbocycles. The van der Waals surface area contributed by atoms with Crippen molar-refractivity contribution in [1.29, 1.82) is 0 Å². The van der Waals surface area contributed by atoms with E-state index in [1.165, 1.54) is 0 Å². The Labute approximate surface area is 46.8 Å². The molecule has 0 bridgehead atoms. The van der Waals surface area contributed by atoms with Crippen LogP contribution >= 0.6 is 7.82 Å². The van der Waals surface area contributed by atoms with Crippen LogP contribution in [0, 0.1) is 0 Å². The van der Waals surface area contributed by atoms with Crippen LogP contribution in [0.1, 0.15) is 6.92 Å². The molecule has 0 unspecified atom stereocenters. The van der Waals surface area contributed by atoms with Crippen molar-refractivity contribution in [2.45, 2.75) is 6.92 Å². The van der Waals surface area contributed by atoms with E-state index < -0.39 is 7.82 Å². The van der Waals surface area contributed by atoms with Crippen LogP contribution in [0.15, 0.2) is 0 Å². The van der Waals surface area contributed by atoms with Crippen LogP contribution in [0.5, 0.6) is 0 Å². The van der Waals surface area contributed by atoms with E-state index in [4.69, 9.17) is 24.4 Å². The number of aliphatic hydroxyl groups is 1. The molecule has 0 saturated heterocycles. The Morgan fingerprint density at radius 3 is 1.38 bits per heavy atom. The Hall–Kier alpha value is 0.0700. The van der Waals surface area contributed by atoms with Crippen LogP contribution in [-0.2, 0) is 4.57 Å². The summed E-state index contributed by atoms with van der Waals surface area (Å²) >= 11 is 0. The molecule has 0 saturated carbocycles. The lowest BCUT2D eigenvalue weighted by Gasteiger charge is -1.82. The van der Waals surface area contributed by atoms with Crippen molar-refractivity contribution in [2.75, 3.05) is 6.61 Å². The maximum absolute atomic E-state index is 8.88. The predicted octanol–water partition coefficient (Wildman–Crippen LogP) is -0.930. The average molecular weight is 144 g/mol. The van der Waals surface area contributed by atoms with Gasteiger partial charge >= 0.3 is 7.82 Å². The third-order valence-corrected chi connectivity index (χ3v) is 0. The lowest BCUT2D eigenvalue weighted by atomic mass is 10.9. The van der Waals surface area contributed by atoms with E-state index in [1.807, 2.05) is 0 Å².